The number of benzene rings is 2. The SMILES string of the molecule is Cc1ccc(S(=O)(=O)NCc2nc(-c3cccc(Cl)c3)no2)cc1. The fourth-order valence-corrected chi connectivity index (χ4v) is 3.19. The van der Waals surface area contributed by atoms with E-state index in [1.54, 1.807) is 48.5 Å². The summed E-state index contributed by atoms with van der Waals surface area (Å²) < 4.78 is 32.0. The predicted molar refractivity (Wildman–Crippen MR) is 89.9 cm³/mol. The lowest BCUT2D eigenvalue weighted by molar-refractivity contribution is 0.376. The van der Waals surface area contributed by atoms with Crippen molar-refractivity contribution in [1.82, 2.24) is 14.9 Å². The molecule has 6 nitrogen and oxygen atoms in total. The maximum absolute atomic E-state index is 12.2. The van der Waals surface area contributed by atoms with E-state index in [4.69, 9.17) is 16.1 Å². The smallest absolute Gasteiger partial charge is 0.242 e. The first-order valence-electron chi connectivity index (χ1n) is 7.09. The van der Waals surface area contributed by atoms with Crippen molar-refractivity contribution in [3.8, 4) is 11.4 Å². The highest BCUT2D eigenvalue weighted by atomic mass is 35.5. The van der Waals surface area contributed by atoms with Crippen LogP contribution in [0.15, 0.2) is 57.9 Å². The summed E-state index contributed by atoms with van der Waals surface area (Å²) in [5, 5.41) is 4.39. The lowest BCUT2D eigenvalue weighted by atomic mass is 10.2. The number of rotatable bonds is 5. The van der Waals surface area contributed by atoms with Gasteiger partial charge in [0.2, 0.25) is 21.7 Å². The second-order valence-corrected chi connectivity index (χ2v) is 7.36. The number of hydrogen-bond acceptors (Lipinski definition) is 5. The van der Waals surface area contributed by atoms with Gasteiger partial charge < -0.3 is 4.52 Å². The molecule has 0 aliphatic rings. The van der Waals surface area contributed by atoms with Gasteiger partial charge in [-0.05, 0) is 31.2 Å². The molecule has 0 unspecified atom stereocenters. The first-order valence-corrected chi connectivity index (χ1v) is 8.95. The Balaban J connectivity index is 1.72. The summed E-state index contributed by atoms with van der Waals surface area (Å²) in [5.41, 5.74) is 1.68. The summed E-state index contributed by atoms with van der Waals surface area (Å²) in [6.45, 7) is 1.80. The number of nitrogens with zero attached hydrogens (tertiary/aromatic N) is 2. The third kappa shape index (κ3) is 3.81. The van der Waals surface area contributed by atoms with E-state index in [1.165, 1.54) is 0 Å². The van der Waals surface area contributed by atoms with Gasteiger partial charge in [-0.15, -0.1) is 0 Å². The van der Waals surface area contributed by atoms with E-state index in [2.05, 4.69) is 14.9 Å². The molecule has 0 radical (unpaired) electrons. The van der Waals surface area contributed by atoms with Gasteiger partial charge >= 0.3 is 0 Å². The fourth-order valence-electron chi connectivity index (χ4n) is 2.03. The van der Waals surface area contributed by atoms with Crippen molar-refractivity contribution < 1.29 is 12.9 Å². The third-order valence-corrected chi connectivity index (χ3v) is 4.95. The highest BCUT2D eigenvalue weighted by Gasteiger charge is 2.16. The van der Waals surface area contributed by atoms with Gasteiger partial charge in [-0.3, -0.25) is 0 Å². The maximum atomic E-state index is 12.2. The Hall–Kier alpha value is -2.22. The van der Waals surface area contributed by atoms with Crippen molar-refractivity contribution in [1.29, 1.82) is 0 Å². The Kier molecular flexibility index (Phi) is 4.66. The van der Waals surface area contributed by atoms with Crippen LogP contribution < -0.4 is 4.72 Å². The van der Waals surface area contributed by atoms with Crippen molar-refractivity contribution in [3.05, 3.63) is 65.0 Å². The molecular weight excluding hydrogens is 350 g/mol. The Morgan fingerprint density at radius 2 is 1.92 bits per heavy atom. The van der Waals surface area contributed by atoms with E-state index in [1.807, 2.05) is 6.92 Å². The van der Waals surface area contributed by atoms with Gasteiger partial charge in [-0.25, -0.2) is 13.1 Å². The zero-order valence-corrected chi connectivity index (χ0v) is 14.3. The minimum absolute atomic E-state index is 0.0935. The van der Waals surface area contributed by atoms with Gasteiger partial charge in [0.25, 0.3) is 0 Å². The highest BCUT2D eigenvalue weighted by molar-refractivity contribution is 7.89. The van der Waals surface area contributed by atoms with E-state index in [0.29, 0.717) is 16.4 Å². The lowest BCUT2D eigenvalue weighted by Gasteiger charge is -2.04. The number of halogens is 1. The number of hydrogen-bond donors (Lipinski definition) is 1. The monoisotopic (exact) mass is 363 g/mol. The average molecular weight is 364 g/mol. The first-order chi connectivity index (χ1) is 11.4. The van der Waals surface area contributed by atoms with Gasteiger partial charge in [-0.2, -0.15) is 4.98 Å². The topological polar surface area (TPSA) is 85.1 Å². The summed E-state index contributed by atoms with van der Waals surface area (Å²) in [5.74, 6) is 0.516. The van der Waals surface area contributed by atoms with Crippen LogP contribution in [0, 0.1) is 6.92 Å². The van der Waals surface area contributed by atoms with Crippen molar-refractivity contribution in [2.45, 2.75) is 18.4 Å². The third-order valence-electron chi connectivity index (χ3n) is 3.30. The van der Waals surface area contributed by atoms with E-state index < -0.39 is 10.0 Å². The zero-order chi connectivity index (χ0) is 17.2. The van der Waals surface area contributed by atoms with E-state index in [-0.39, 0.29) is 17.3 Å². The molecule has 8 heteroatoms. The van der Waals surface area contributed by atoms with Crippen LogP contribution in [0.5, 0.6) is 0 Å². The Bertz CT molecular complexity index is 953. The molecule has 0 atom stereocenters. The number of sulfonamides is 1. The first kappa shape index (κ1) is 16.6. The molecule has 0 fully saturated rings. The van der Waals surface area contributed by atoms with Crippen LogP contribution in [0.1, 0.15) is 11.5 Å². The van der Waals surface area contributed by atoms with Gasteiger partial charge in [0.15, 0.2) is 0 Å². The van der Waals surface area contributed by atoms with Crippen molar-refractivity contribution in [3.63, 3.8) is 0 Å². The molecule has 0 spiro atoms. The molecule has 24 heavy (non-hydrogen) atoms. The van der Waals surface area contributed by atoms with Crippen LogP contribution in [0.2, 0.25) is 5.02 Å². The minimum atomic E-state index is -3.64. The van der Waals surface area contributed by atoms with Gasteiger partial charge in [0.05, 0.1) is 11.4 Å². The van der Waals surface area contributed by atoms with Crippen LogP contribution in [0.3, 0.4) is 0 Å². The standard InChI is InChI=1S/C16H14ClN3O3S/c1-11-5-7-14(8-6-11)24(21,22)18-10-15-19-16(20-23-15)12-3-2-4-13(17)9-12/h2-9,18H,10H2,1H3. The Labute approximate surface area is 144 Å². The number of nitrogens with one attached hydrogen (secondary N) is 1. The molecular formula is C16H14ClN3O3S. The van der Waals surface area contributed by atoms with Crippen LogP contribution in [-0.4, -0.2) is 18.6 Å². The van der Waals surface area contributed by atoms with Gasteiger partial charge in [-0.1, -0.05) is 46.6 Å². The van der Waals surface area contributed by atoms with Crippen LogP contribution in [-0.2, 0) is 16.6 Å². The Morgan fingerprint density at radius 1 is 1.17 bits per heavy atom. The van der Waals surface area contributed by atoms with E-state index in [9.17, 15) is 8.42 Å². The molecule has 124 valence electrons. The van der Waals surface area contributed by atoms with E-state index >= 15 is 0 Å². The maximum Gasteiger partial charge on any atom is 0.242 e. The molecule has 0 aliphatic heterocycles. The molecule has 1 N–H and O–H groups in total. The molecule has 0 saturated heterocycles. The van der Waals surface area contributed by atoms with Crippen molar-refractivity contribution in [2.24, 2.45) is 0 Å². The normalized spacial score (nSPS) is 11.6. The summed E-state index contributed by atoms with van der Waals surface area (Å²) >= 11 is 5.92. The quantitative estimate of drug-likeness (QED) is 0.752. The predicted octanol–water partition coefficient (Wildman–Crippen LogP) is 3.18. The van der Waals surface area contributed by atoms with Crippen molar-refractivity contribution in [2.75, 3.05) is 0 Å². The van der Waals surface area contributed by atoms with Crippen molar-refractivity contribution >= 4 is 21.6 Å². The van der Waals surface area contributed by atoms with Crippen LogP contribution in [0.4, 0.5) is 0 Å². The molecule has 0 saturated carbocycles. The molecule has 0 aliphatic carbocycles. The largest absolute Gasteiger partial charge is 0.338 e. The lowest BCUT2D eigenvalue weighted by Crippen LogP contribution is -2.23. The summed E-state index contributed by atoms with van der Waals surface area (Å²) in [7, 11) is -3.64. The van der Waals surface area contributed by atoms with Gasteiger partial charge in [0.1, 0.15) is 0 Å². The fraction of sp³-hybridized carbons (Fsp3) is 0.125. The van der Waals surface area contributed by atoms with Crippen LogP contribution >= 0.6 is 11.6 Å². The average Bonchev–Trinajstić information content (AvgIpc) is 3.03. The summed E-state index contributed by atoms with van der Waals surface area (Å²) in [6, 6.07) is 13.6. The van der Waals surface area contributed by atoms with Gasteiger partial charge in [0, 0.05) is 10.6 Å². The summed E-state index contributed by atoms with van der Waals surface area (Å²) in [6.07, 6.45) is 0. The molecule has 2 aromatic carbocycles. The number of aryl methyl sites for hydroxylation is 1. The molecule has 0 bridgehead atoms. The van der Waals surface area contributed by atoms with E-state index in [0.717, 1.165) is 5.56 Å². The minimum Gasteiger partial charge on any atom is -0.338 e. The second-order valence-electron chi connectivity index (χ2n) is 5.16. The molecule has 1 aromatic heterocycles. The Morgan fingerprint density at radius 3 is 2.62 bits per heavy atom. The summed E-state index contributed by atoms with van der Waals surface area (Å²) in [4.78, 5) is 4.35. The molecule has 3 aromatic rings. The molecule has 1 heterocycles. The number of aromatic nitrogens is 2. The second kappa shape index (κ2) is 6.72. The molecule has 0 amide bonds. The molecule has 3 rings (SSSR count). The zero-order valence-electron chi connectivity index (χ0n) is 12.7. The highest BCUT2D eigenvalue weighted by Crippen LogP contribution is 2.20. The van der Waals surface area contributed by atoms with Crippen LogP contribution in [0.25, 0.3) is 11.4 Å².